The number of amides is 1. The van der Waals surface area contributed by atoms with Crippen LogP contribution in [0.3, 0.4) is 0 Å². The molecule has 1 aliphatic rings. The van der Waals surface area contributed by atoms with Gasteiger partial charge in [-0.05, 0) is 37.1 Å². The molecule has 0 bridgehead atoms. The molecule has 1 amide bonds. The summed E-state index contributed by atoms with van der Waals surface area (Å²) in [5.74, 6) is 0.344. The van der Waals surface area contributed by atoms with Crippen molar-refractivity contribution in [2.75, 3.05) is 19.8 Å². The molecular weight excluding hydrogens is 228 g/mol. The molecule has 1 aromatic carbocycles. The molecular formula is C14H16N2O2. The standard InChI is InChI=1S/C14H16N2O2/c1-10-6-11(7-15)2-3-13(10)14(17)16-8-12-4-5-18-9-12/h2-3,6,12H,4-5,8-9H2,1H3,(H,16,17). The van der Waals surface area contributed by atoms with Crippen molar-refractivity contribution in [2.24, 2.45) is 5.92 Å². The van der Waals surface area contributed by atoms with Crippen molar-refractivity contribution >= 4 is 5.91 Å². The summed E-state index contributed by atoms with van der Waals surface area (Å²) in [6.45, 7) is 4.01. The minimum atomic E-state index is -0.0797. The van der Waals surface area contributed by atoms with E-state index in [1.165, 1.54) is 0 Å². The van der Waals surface area contributed by atoms with Gasteiger partial charge in [-0.3, -0.25) is 4.79 Å². The number of aryl methyl sites for hydroxylation is 1. The average molecular weight is 244 g/mol. The van der Waals surface area contributed by atoms with E-state index in [-0.39, 0.29) is 5.91 Å². The summed E-state index contributed by atoms with van der Waals surface area (Å²) in [5.41, 5.74) is 2.04. The molecule has 1 unspecified atom stereocenters. The van der Waals surface area contributed by atoms with E-state index in [9.17, 15) is 4.79 Å². The largest absolute Gasteiger partial charge is 0.381 e. The highest BCUT2D eigenvalue weighted by Crippen LogP contribution is 2.13. The lowest BCUT2D eigenvalue weighted by molar-refractivity contribution is 0.0944. The summed E-state index contributed by atoms with van der Waals surface area (Å²) < 4.78 is 5.26. The molecule has 18 heavy (non-hydrogen) atoms. The highest BCUT2D eigenvalue weighted by Gasteiger charge is 2.17. The van der Waals surface area contributed by atoms with Crippen LogP contribution in [0.5, 0.6) is 0 Å². The number of nitrogens with zero attached hydrogens (tertiary/aromatic N) is 1. The van der Waals surface area contributed by atoms with Crippen LogP contribution in [0.4, 0.5) is 0 Å². The average Bonchev–Trinajstić information content (AvgIpc) is 2.88. The Morgan fingerprint density at radius 3 is 3.06 bits per heavy atom. The van der Waals surface area contributed by atoms with E-state index < -0.39 is 0 Å². The molecule has 1 N–H and O–H groups in total. The van der Waals surface area contributed by atoms with Crippen LogP contribution >= 0.6 is 0 Å². The number of nitriles is 1. The van der Waals surface area contributed by atoms with Crippen LogP contribution in [0.1, 0.15) is 27.9 Å². The van der Waals surface area contributed by atoms with E-state index in [0.29, 0.717) is 23.6 Å². The number of benzene rings is 1. The third-order valence-corrected chi connectivity index (χ3v) is 3.18. The van der Waals surface area contributed by atoms with Crippen LogP contribution < -0.4 is 5.32 Å². The zero-order chi connectivity index (χ0) is 13.0. The van der Waals surface area contributed by atoms with Crippen molar-refractivity contribution in [2.45, 2.75) is 13.3 Å². The van der Waals surface area contributed by atoms with Crippen molar-refractivity contribution in [3.05, 3.63) is 34.9 Å². The first-order chi connectivity index (χ1) is 8.70. The zero-order valence-electron chi connectivity index (χ0n) is 10.4. The Kier molecular flexibility index (Phi) is 3.96. The van der Waals surface area contributed by atoms with Gasteiger partial charge in [-0.25, -0.2) is 0 Å². The van der Waals surface area contributed by atoms with Crippen molar-refractivity contribution in [3.8, 4) is 6.07 Å². The summed E-state index contributed by atoms with van der Waals surface area (Å²) in [6.07, 6.45) is 1.01. The lowest BCUT2D eigenvalue weighted by atomic mass is 10.0. The molecule has 0 aromatic heterocycles. The smallest absolute Gasteiger partial charge is 0.251 e. The number of nitrogens with one attached hydrogen (secondary N) is 1. The molecule has 1 aliphatic heterocycles. The van der Waals surface area contributed by atoms with Crippen LogP contribution in [0.15, 0.2) is 18.2 Å². The summed E-state index contributed by atoms with van der Waals surface area (Å²) in [6, 6.07) is 7.16. The van der Waals surface area contributed by atoms with Crippen LogP contribution in [-0.2, 0) is 4.74 Å². The van der Waals surface area contributed by atoms with Gasteiger partial charge in [0, 0.05) is 24.6 Å². The third kappa shape index (κ3) is 2.88. The molecule has 94 valence electrons. The second-order valence-electron chi connectivity index (χ2n) is 4.58. The predicted molar refractivity (Wildman–Crippen MR) is 67.2 cm³/mol. The van der Waals surface area contributed by atoms with Gasteiger partial charge < -0.3 is 10.1 Å². The lowest BCUT2D eigenvalue weighted by Crippen LogP contribution is -2.30. The number of rotatable bonds is 3. The Balaban J connectivity index is 1.98. The number of ether oxygens (including phenoxy) is 1. The Labute approximate surface area is 107 Å². The third-order valence-electron chi connectivity index (χ3n) is 3.18. The van der Waals surface area contributed by atoms with E-state index in [2.05, 4.69) is 11.4 Å². The van der Waals surface area contributed by atoms with Crippen LogP contribution in [0.2, 0.25) is 0 Å². The highest BCUT2D eigenvalue weighted by molar-refractivity contribution is 5.95. The first-order valence-corrected chi connectivity index (χ1v) is 6.07. The topological polar surface area (TPSA) is 62.1 Å². The first kappa shape index (κ1) is 12.6. The first-order valence-electron chi connectivity index (χ1n) is 6.07. The van der Waals surface area contributed by atoms with Gasteiger partial charge in [0.15, 0.2) is 0 Å². The van der Waals surface area contributed by atoms with Crippen molar-refractivity contribution in [3.63, 3.8) is 0 Å². The normalized spacial score (nSPS) is 18.3. The Morgan fingerprint density at radius 1 is 1.61 bits per heavy atom. The number of hydrogen-bond donors (Lipinski definition) is 1. The second kappa shape index (κ2) is 5.65. The zero-order valence-corrected chi connectivity index (χ0v) is 10.4. The van der Waals surface area contributed by atoms with E-state index in [1.807, 2.05) is 6.92 Å². The van der Waals surface area contributed by atoms with Gasteiger partial charge in [0.2, 0.25) is 0 Å². The molecule has 1 saturated heterocycles. The quantitative estimate of drug-likeness (QED) is 0.879. The molecule has 1 aromatic rings. The fourth-order valence-electron chi connectivity index (χ4n) is 2.06. The van der Waals surface area contributed by atoms with Gasteiger partial charge in [0.25, 0.3) is 5.91 Å². The maximum absolute atomic E-state index is 12.0. The minimum absolute atomic E-state index is 0.0797. The van der Waals surface area contributed by atoms with Crippen LogP contribution in [0, 0.1) is 24.2 Å². The van der Waals surface area contributed by atoms with E-state index >= 15 is 0 Å². The molecule has 0 radical (unpaired) electrons. The summed E-state index contributed by atoms with van der Waals surface area (Å²) in [5, 5.41) is 11.7. The summed E-state index contributed by atoms with van der Waals surface area (Å²) in [7, 11) is 0. The monoisotopic (exact) mass is 244 g/mol. The molecule has 0 aliphatic carbocycles. The summed E-state index contributed by atoms with van der Waals surface area (Å²) in [4.78, 5) is 12.0. The molecule has 4 nitrogen and oxygen atoms in total. The van der Waals surface area contributed by atoms with Crippen molar-refractivity contribution in [1.29, 1.82) is 5.26 Å². The highest BCUT2D eigenvalue weighted by atomic mass is 16.5. The van der Waals surface area contributed by atoms with Crippen LogP contribution in [-0.4, -0.2) is 25.7 Å². The fourth-order valence-corrected chi connectivity index (χ4v) is 2.06. The lowest BCUT2D eigenvalue weighted by Gasteiger charge is -2.11. The molecule has 1 fully saturated rings. The molecule has 4 heteroatoms. The van der Waals surface area contributed by atoms with Gasteiger partial charge in [-0.1, -0.05) is 0 Å². The maximum Gasteiger partial charge on any atom is 0.251 e. The minimum Gasteiger partial charge on any atom is -0.381 e. The predicted octanol–water partition coefficient (Wildman–Crippen LogP) is 1.63. The molecule has 2 rings (SSSR count). The fraction of sp³-hybridized carbons (Fsp3) is 0.429. The summed E-state index contributed by atoms with van der Waals surface area (Å²) >= 11 is 0. The molecule has 0 saturated carbocycles. The Bertz CT molecular complexity index is 485. The molecule has 1 heterocycles. The number of carbonyl (C=O) groups excluding carboxylic acids is 1. The number of hydrogen-bond acceptors (Lipinski definition) is 3. The van der Waals surface area contributed by atoms with Gasteiger partial charge in [0.1, 0.15) is 0 Å². The van der Waals surface area contributed by atoms with Gasteiger partial charge in [0.05, 0.1) is 18.2 Å². The SMILES string of the molecule is Cc1cc(C#N)ccc1C(=O)NCC1CCOC1. The Hall–Kier alpha value is -1.86. The number of carbonyl (C=O) groups is 1. The van der Waals surface area contributed by atoms with E-state index in [0.717, 1.165) is 25.2 Å². The van der Waals surface area contributed by atoms with Crippen molar-refractivity contribution in [1.82, 2.24) is 5.32 Å². The van der Waals surface area contributed by atoms with Gasteiger partial charge >= 0.3 is 0 Å². The van der Waals surface area contributed by atoms with E-state index in [4.69, 9.17) is 10.00 Å². The van der Waals surface area contributed by atoms with Gasteiger partial charge in [-0.2, -0.15) is 5.26 Å². The maximum atomic E-state index is 12.0. The molecule has 0 spiro atoms. The second-order valence-corrected chi connectivity index (χ2v) is 4.58. The van der Waals surface area contributed by atoms with Crippen LogP contribution in [0.25, 0.3) is 0 Å². The molecule has 1 atom stereocenters. The van der Waals surface area contributed by atoms with Crippen molar-refractivity contribution < 1.29 is 9.53 Å². The van der Waals surface area contributed by atoms with Gasteiger partial charge in [-0.15, -0.1) is 0 Å². The van der Waals surface area contributed by atoms with E-state index in [1.54, 1.807) is 18.2 Å². The Morgan fingerprint density at radius 2 is 2.44 bits per heavy atom.